The van der Waals surface area contributed by atoms with Crippen molar-refractivity contribution < 1.29 is 13.2 Å². The van der Waals surface area contributed by atoms with Crippen molar-refractivity contribution in [3.63, 3.8) is 0 Å². The summed E-state index contributed by atoms with van der Waals surface area (Å²) in [5.41, 5.74) is 5.50. The fourth-order valence-electron chi connectivity index (χ4n) is 2.51. The molecule has 2 rings (SSSR count). The molecule has 6 heteroatoms. The third-order valence-corrected chi connectivity index (χ3v) is 3.50. The number of aliphatic imine (C=N–C) groups is 1. The predicted molar refractivity (Wildman–Crippen MR) is 59.7 cm³/mol. The highest BCUT2D eigenvalue weighted by molar-refractivity contribution is 5.81. The summed E-state index contributed by atoms with van der Waals surface area (Å²) in [6, 6.07) is 0.400. The van der Waals surface area contributed by atoms with Gasteiger partial charge in [0.15, 0.2) is 5.96 Å². The van der Waals surface area contributed by atoms with Gasteiger partial charge in [-0.1, -0.05) is 0 Å². The van der Waals surface area contributed by atoms with Crippen LogP contribution in [0.2, 0.25) is 0 Å². The van der Waals surface area contributed by atoms with Gasteiger partial charge in [0, 0.05) is 12.5 Å². The topological polar surface area (TPSA) is 41.6 Å². The van der Waals surface area contributed by atoms with Crippen molar-refractivity contribution in [2.45, 2.75) is 56.8 Å². The number of guanidine groups is 1. The van der Waals surface area contributed by atoms with E-state index in [0.29, 0.717) is 25.0 Å². The molecule has 0 aromatic carbocycles. The van der Waals surface area contributed by atoms with Crippen LogP contribution < -0.4 is 5.73 Å². The Morgan fingerprint density at radius 3 is 2.65 bits per heavy atom. The lowest BCUT2D eigenvalue weighted by Gasteiger charge is -2.36. The third-order valence-electron chi connectivity index (χ3n) is 3.50. The van der Waals surface area contributed by atoms with Crippen LogP contribution in [0, 0.1) is 0 Å². The lowest BCUT2D eigenvalue weighted by molar-refractivity contribution is -0.136. The monoisotopic (exact) mass is 249 g/mol. The van der Waals surface area contributed by atoms with Crippen molar-refractivity contribution >= 4 is 5.96 Å². The fraction of sp³-hybridized carbons (Fsp3) is 0.909. The molecule has 0 aromatic heterocycles. The zero-order chi connectivity index (χ0) is 12.7. The van der Waals surface area contributed by atoms with Gasteiger partial charge in [0.25, 0.3) is 0 Å². The van der Waals surface area contributed by atoms with Crippen LogP contribution in [0.15, 0.2) is 4.99 Å². The van der Waals surface area contributed by atoms with Crippen LogP contribution in [-0.4, -0.2) is 35.2 Å². The Labute approximate surface area is 98.9 Å². The number of nitrogens with zero attached hydrogens (tertiary/aromatic N) is 2. The molecule has 0 bridgehead atoms. The van der Waals surface area contributed by atoms with Crippen molar-refractivity contribution in [3.8, 4) is 0 Å². The highest BCUT2D eigenvalue weighted by Crippen LogP contribution is 2.38. The molecule has 0 spiro atoms. The molecule has 1 saturated carbocycles. The third kappa shape index (κ3) is 2.84. The first-order valence-electron chi connectivity index (χ1n) is 5.98. The van der Waals surface area contributed by atoms with Crippen molar-refractivity contribution in [2.24, 2.45) is 10.7 Å². The van der Waals surface area contributed by atoms with Crippen LogP contribution >= 0.6 is 0 Å². The van der Waals surface area contributed by atoms with Crippen molar-refractivity contribution in [3.05, 3.63) is 0 Å². The van der Waals surface area contributed by atoms with Crippen molar-refractivity contribution in [1.82, 2.24) is 4.90 Å². The van der Waals surface area contributed by atoms with Crippen molar-refractivity contribution in [1.29, 1.82) is 0 Å². The predicted octanol–water partition coefficient (Wildman–Crippen LogP) is 2.27. The maximum atomic E-state index is 12.1. The smallest absolute Gasteiger partial charge is 0.370 e. The SMILES string of the molecule is CC1(CCCC(F)(F)F)CN=C(N)N1C1CC1. The number of hydrogen-bond acceptors (Lipinski definition) is 3. The van der Waals surface area contributed by atoms with E-state index >= 15 is 0 Å². The van der Waals surface area contributed by atoms with Gasteiger partial charge in [0.1, 0.15) is 0 Å². The molecule has 1 unspecified atom stereocenters. The van der Waals surface area contributed by atoms with E-state index in [4.69, 9.17) is 5.73 Å². The minimum absolute atomic E-state index is 0.145. The Morgan fingerprint density at radius 1 is 1.47 bits per heavy atom. The zero-order valence-electron chi connectivity index (χ0n) is 9.93. The summed E-state index contributed by atoms with van der Waals surface area (Å²) < 4.78 is 36.4. The molecule has 98 valence electrons. The first kappa shape index (κ1) is 12.5. The maximum Gasteiger partial charge on any atom is 0.389 e. The second-order valence-corrected chi connectivity index (χ2v) is 5.24. The van der Waals surface area contributed by atoms with Gasteiger partial charge in [-0.25, -0.2) is 0 Å². The van der Waals surface area contributed by atoms with Gasteiger partial charge < -0.3 is 10.6 Å². The Hall–Kier alpha value is -0.940. The van der Waals surface area contributed by atoms with Gasteiger partial charge >= 0.3 is 6.18 Å². The summed E-state index contributed by atoms with van der Waals surface area (Å²) in [6.45, 7) is 2.48. The first-order chi connectivity index (χ1) is 7.82. The Morgan fingerprint density at radius 2 is 2.12 bits per heavy atom. The molecule has 1 aliphatic carbocycles. The molecule has 2 N–H and O–H groups in total. The minimum atomic E-state index is -4.06. The quantitative estimate of drug-likeness (QED) is 0.830. The molecule has 3 nitrogen and oxygen atoms in total. The number of alkyl halides is 3. The zero-order valence-corrected chi connectivity index (χ0v) is 9.93. The number of halogens is 3. The lowest BCUT2D eigenvalue weighted by Crippen LogP contribution is -2.50. The van der Waals surface area contributed by atoms with Crippen LogP contribution in [0.3, 0.4) is 0 Å². The van der Waals surface area contributed by atoms with Gasteiger partial charge in [0.2, 0.25) is 0 Å². The van der Waals surface area contributed by atoms with Gasteiger partial charge in [-0.05, 0) is 32.6 Å². The second kappa shape index (κ2) is 4.07. The van der Waals surface area contributed by atoms with Crippen LogP contribution in [0.5, 0.6) is 0 Å². The molecule has 2 aliphatic rings. The van der Waals surface area contributed by atoms with Crippen LogP contribution in [0.1, 0.15) is 39.0 Å². The summed E-state index contributed by atoms with van der Waals surface area (Å²) >= 11 is 0. The van der Waals surface area contributed by atoms with Gasteiger partial charge in [-0.15, -0.1) is 0 Å². The maximum absolute atomic E-state index is 12.1. The molecule has 0 radical (unpaired) electrons. The summed E-state index contributed by atoms with van der Waals surface area (Å²) in [5.74, 6) is 0.502. The molecule has 1 heterocycles. The summed E-state index contributed by atoms with van der Waals surface area (Å²) in [6.07, 6.45) is -2.00. The molecular weight excluding hydrogens is 231 g/mol. The molecule has 0 saturated heterocycles. The molecule has 0 amide bonds. The standard InChI is InChI=1S/C11H18F3N3/c1-10(5-2-6-11(12,13)14)7-16-9(15)17(10)8-3-4-8/h8H,2-7H2,1H3,(H2,15,16). The summed E-state index contributed by atoms with van der Waals surface area (Å²) in [4.78, 5) is 6.22. The number of nitrogens with two attached hydrogens (primary N) is 1. The average molecular weight is 249 g/mol. The highest BCUT2D eigenvalue weighted by atomic mass is 19.4. The first-order valence-corrected chi connectivity index (χ1v) is 5.98. The van der Waals surface area contributed by atoms with Gasteiger partial charge in [-0.2, -0.15) is 13.2 Å². The van der Waals surface area contributed by atoms with E-state index in [1.54, 1.807) is 0 Å². The number of rotatable bonds is 4. The Balaban J connectivity index is 1.90. The van der Waals surface area contributed by atoms with E-state index in [2.05, 4.69) is 4.99 Å². The second-order valence-electron chi connectivity index (χ2n) is 5.24. The van der Waals surface area contributed by atoms with E-state index in [9.17, 15) is 13.2 Å². The molecule has 1 atom stereocenters. The molecule has 1 aliphatic heterocycles. The summed E-state index contributed by atoms with van der Waals surface area (Å²) in [5, 5.41) is 0. The fourth-order valence-corrected chi connectivity index (χ4v) is 2.51. The van der Waals surface area contributed by atoms with E-state index in [1.165, 1.54) is 0 Å². The van der Waals surface area contributed by atoms with Crippen LogP contribution in [0.4, 0.5) is 13.2 Å². The van der Waals surface area contributed by atoms with E-state index in [0.717, 1.165) is 12.8 Å². The van der Waals surface area contributed by atoms with Gasteiger partial charge in [0.05, 0.1) is 12.1 Å². The lowest BCUT2D eigenvalue weighted by atomic mass is 9.93. The molecular formula is C11H18F3N3. The van der Waals surface area contributed by atoms with Crippen molar-refractivity contribution in [2.75, 3.05) is 6.54 Å². The Bertz CT molecular complexity index is 322. The Kier molecular flexibility index (Phi) is 2.99. The summed E-state index contributed by atoms with van der Waals surface area (Å²) in [7, 11) is 0. The molecule has 17 heavy (non-hydrogen) atoms. The van der Waals surface area contributed by atoms with E-state index in [1.807, 2.05) is 11.8 Å². The normalized spacial score (nSPS) is 29.6. The van der Waals surface area contributed by atoms with Crippen LogP contribution in [-0.2, 0) is 0 Å². The molecule has 0 aromatic rings. The van der Waals surface area contributed by atoms with E-state index in [-0.39, 0.29) is 12.0 Å². The van der Waals surface area contributed by atoms with Gasteiger partial charge in [-0.3, -0.25) is 4.99 Å². The number of hydrogen-bond donors (Lipinski definition) is 1. The largest absolute Gasteiger partial charge is 0.389 e. The minimum Gasteiger partial charge on any atom is -0.370 e. The highest BCUT2D eigenvalue weighted by Gasteiger charge is 2.45. The average Bonchev–Trinajstić information content (AvgIpc) is 2.93. The molecule has 1 fully saturated rings. The van der Waals surface area contributed by atoms with E-state index < -0.39 is 12.6 Å². The van der Waals surface area contributed by atoms with Crippen LogP contribution in [0.25, 0.3) is 0 Å².